The summed E-state index contributed by atoms with van der Waals surface area (Å²) in [5.41, 5.74) is 4.13. The van der Waals surface area contributed by atoms with Crippen molar-refractivity contribution in [1.82, 2.24) is 29.6 Å². The molecule has 34 heavy (non-hydrogen) atoms. The number of nitrogens with one attached hydrogen (secondary N) is 1. The van der Waals surface area contributed by atoms with Gasteiger partial charge >= 0.3 is 0 Å². The van der Waals surface area contributed by atoms with E-state index in [4.69, 9.17) is 0 Å². The average molecular weight is 478 g/mol. The van der Waals surface area contributed by atoms with Crippen LogP contribution in [0.3, 0.4) is 0 Å². The molecule has 0 amide bonds. The summed E-state index contributed by atoms with van der Waals surface area (Å²) in [6.45, 7) is 2.04. The number of anilines is 2. The highest BCUT2D eigenvalue weighted by Crippen LogP contribution is 2.33. The van der Waals surface area contributed by atoms with E-state index in [1.807, 2.05) is 10.9 Å². The van der Waals surface area contributed by atoms with Crippen molar-refractivity contribution in [3.05, 3.63) is 60.1 Å². The van der Waals surface area contributed by atoms with Crippen molar-refractivity contribution in [3.63, 3.8) is 0 Å². The molecule has 0 radical (unpaired) electrons. The molecule has 0 spiro atoms. The third-order valence-corrected chi connectivity index (χ3v) is 7.23. The van der Waals surface area contributed by atoms with Gasteiger partial charge in [0.25, 0.3) is 0 Å². The normalized spacial score (nSPS) is 15.4. The summed E-state index contributed by atoms with van der Waals surface area (Å²) < 4.78 is 32.6. The van der Waals surface area contributed by atoms with Crippen LogP contribution in [0.15, 0.2) is 48.5 Å². The van der Waals surface area contributed by atoms with Crippen molar-refractivity contribution in [1.29, 1.82) is 0 Å². The van der Waals surface area contributed by atoms with Gasteiger partial charge in [-0.3, -0.25) is 4.68 Å². The first-order valence-electron chi connectivity index (χ1n) is 11.0. The molecule has 3 aromatic heterocycles. The highest BCUT2D eigenvalue weighted by atomic mass is 32.1. The number of benzene rings is 2. The molecule has 4 heterocycles. The summed E-state index contributed by atoms with van der Waals surface area (Å²) in [7, 11) is 2.12. The third-order valence-electron chi connectivity index (χ3n) is 6.39. The first-order chi connectivity index (χ1) is 16.6. The predicted octanol–water partition coefficient (Wildman–Crippen LogP) is 5.39. The fourth-order valence-electron chi connectivity index (χ4n) is 4.45. The molecule has 1 N–H and O–H groups in total. The number of aromatic nitrogens is 5. The van der Waals surface area contributed by atoms with Gasteiger partial charge in [-0.25, -0.2) is 23.7 Å². The van der Waals surface area contributed by atoms with Gasteiger partial charge in [0, 0.05) is 22.7 Å². The molecule has 0 unspecified atom stereocenters. The lowest BCUT2D eigenvalue weighted by molar-refractivity contribution is 0.212. The van der Waals surface area contributed by atoms with Gasteiger partial charge in [-0.15, -0.1) is 11.3 Å². The number of piperidine rings is 1. The van der Waals surface area contributed by atoms with E-state index in [9.17, 15) is 4.39 Å². The Kier molecular flexibility index (Phi) is 5.19. The Morgan fingerprint density at radius 1 is 1.06 bits per heavy atom. The zero-order valence-corrected chi connectivity index (χ0v) is 19.2. The van der Waals surface area contributed by atoms with E-state index >= 15 is 4.39 Å². The first-order valence-corrected chi connectivity index (χ1v) is 11.9. The molecule has 1 saturated heterocycles. The molecule has 6 rings (SSSR count). The van der Waals surface area contributed by atoms with Gasteiger partial charge in [-0.05, 0) is 57.2 Å². The standard InChI is InChI=1S/C24H21F2N7S/c1-32-6-4-15(5-7-32)33-11-14(10-30-33)16-9-21-17(8-18(16)25)24(28-12-27-21)31-19-2-3-20-23(22(19)26)34-13-29-20/h2-3,8-13,15H,4-7H2,1H3,(H,27,28,31). The Morgan fingerprint density at radius 3 is 2.76 bits per heavy atom. The Morgan fingerprint density at radius 2 is 1.91 bits per heavy atom. The van der Waals surface area contributed by atoms with E-state index in [0.717, 1.165) is 25.9 Å². The van der Waals surface area contributed by atoms with E-state index in [1.54, 1.807) is 29.9 Å². The van der Waals surface area contributed by atoms with Crippen LogP contribution >= 0.6 is 11.3 Å². The van der Waals surface area contributed by atoms with Crippen LogP contribution < -0.4 is 5.32 Å². The molecule has 1 aliphatic rings. The third kappa shape index (κ3) is 3.68. The molecular formula is C24H21F2N7S. The molecule has 1 fully saturated rings. The minimum atomic E-state index is -0.412. The second-order valence-electron chi connectivity index (χ2n) is 8.57. The van der Waals surface area contributed by atoms with Crippen LogP contribution in [0.4, 0.5) is 20.3 Å². The van der Waals surface area contributed by atoms with Crippen molar-refractivity contribution in [2.45, 2.75) is 18.9 Å². The molecule has 10 heteroatoms. The first kappa shape index (κ1) is 21.1. The molecule has 0 atom stereocenters. The zero-order chi connectivity index (χ0) is 23.2. The molecule has 1 aliphatic heterocycles. The summed E-state index contributed by atoms with van der Waals surface area (Å²) in [4.78, 5) is 15.0. The van der Waals surface area contributed by atoms with Crippen molar-refractivity contribution >= 4 is 44.0 Å². The molecule has 5 aromatic rings. The minimum absolute atomic E-state index is 0.251. The molecular weight excluding hydrogens is 456 g/mol. The van der Waals surface area contributed by atoms with Gasteiger partial charge in [0.05, 0.1) is 39.2 Å². The second kappa shape index (κ2) is 8.37. The van der Waals surface area contributed by atoms with Crippen LogP contribution in [-0.2, 0) is 0 Å². The number of fused-ring (bicyclic) bond motifs is 2. The monoisotopic (exact) mass is 477 g/mol. The van der Waals surface area contributed by atoms with Gasteiger partial charge < -0.3 is 10.2 Å². The lowest BCUT2D eigenvalue weighted by atomic mass is 10.0. The number of nitrogens with zero attached hydrogens (tertiary/aromatic N) is 6. The van der Waals surface area contributed by atoms with Crippen LogP contribution in [0.2, 0.25) is 0 Å². The van der Waals surface area contributed by atoms with Gasteiger partial charge in [0.1, 0.15) is 18.0 Å². The predicted molar refractivity (Wildman–Crippen MR) is 129 cm³/mol. The quantitative estimate of drug-likeness (QED) is 0.374. The minimum Gasteiger partial charge on any atom is -0.337 e. The Hall–Kier alpha value is -3.50. The lowest BCUT2D eigenvalue weighted by Gasteiger charge is -2.28. The van der Waals surface area contributed by atoms with E-state index in [1.165, 1.54) is 23.7 Å². The van der Waals surface area contributed by atoms with Crippen molar-refractivity contribution < 1.29 is 8.78 Å². The van der Waals surface area contributed by atoms with Crippen LogP contribution in [0.25, 0.3) is 32.2 Å². The van der Waals surface area contributed by atoms with Crippen molar-refractivity contribution in [2.75, 3.05) is 25.5 Å². The topological polar surface area (TPSA) is 71.8 Å². The molecule has 172 valence electrons. The maximum absolute atomic E-state index is 15.3. The summed E-state index contributed by atoms with van der Waals surface area (Å²) in [6, 6.07) is 6.74. The number of thiazole rings is 1. The molecule has 7 nitrogen and oxygen atoms in total. The molecule has 0 bridgehead atoms. The highest BCUT2D eigenvalue weighted by Gasteiger charge is 2.20. The largest absolute Gasteiger partial charge is 0.337 e. The summed E-state index contributed by atoms with van der Waals surface area (Å²) >= 11 is 1.23. The van der Waals surface area contributed by atoms with E-state index in [2.05, 4.69) is 37.3 Å². The number of halogens is 2. The van der Waals surface area contributed by atoms with Gasteiger partial charge in [-0.1, -0.05) is 0 Å². The van der Waals surface area contributed by atoms with E-state index in [0.29, 0.717) is 44.1 Å². The van der Waals surface area contributed by atoms with E-state index in [-0.39, 0.29) is 5.69 Å². The number of likely N-dealkylation sites (tertiary alicyclic amines) is 1. The summed E-state index contributed by atoms with van der Waals surface area (Å²) in [5, 5.41) is 7.97. The highest BCUT2D eigenvalue weighted by molar-refractivity contribution is 7.16. The summed E-state index contributed by atoms with van der Waals surface area (Å²) in [5.74, 6) is -0.489. The number of rotatable bonds is 4. The van der Waals surface area contributed by atoms with Crippen molar-refractivity contribution in [2.24, 2.45) is 0 Å². The average Bonchev–Trinajstić information content (AvgIpc) is 3.52. The Balaban J connectivity index is 1.34. The SMILES string of the molecule is CN1CCC(n2cc(-c3cc4ncnc(Nc5ccc6ncsc6c5F)c4cc3F)cn2)CC1. The van der Waals surface area contributed by atoms with Crippen LogP contribution in [-0.4, -0.2) is 49.8 Å². The Bertz CT molecular complexity index is 1500. The maximum atomic E-state index is 15.3. The van der Waals surface area contributed by atoms with Crippen LogP contribution in [0.1, 0.15) is 18.9 Å². The molecule has 0 saturated carbocycles. The van der Waals surface area contributed by atoms with Crippen LogP contribution in [0.5, 0.6) is 0 Å². The van der Waals surface area contributed by atoms with Gasteiger partial charge in [-0.2, -0.15) is 5.10 Å². The number of hydrogen-bond acceptors (Lipinski definition) is 7. The lowest BCUT2D eigenvalue weighted by Crippen LogP contribution is -2.31. The maximum Gasteiger partial charge on any atom is 0.166 e. The number of hydrogen-bond donors (Lipinski definition) is 1. The fourth-order valence-corrected chi connectivity index (χ4v) is 5.18. The molecule has 0 aliphatic carbocycles. The van der Waals surface area contributed by atoms with E-state index < -0.39 is 11.6 Å². The second-order valence-corrected chi connectivity index (χ2v) is 9.42. The van der Waals surface area contributed by atoms with Crippen LogP contribution in [0, 0.1) is 11.6 Å². The van der Waals surface area contributed by atoms with Gasteiger partial charge in [0.2, 0.25) is 0 Å². The smallest absolute Gasteiger partial charge is 0.166 e. The Labute approximate surface area is 198 Å². The fraction of sp³-hybridized carbons (Fsp3) is 0.250. The van der Waals surface area contributed by atoms with Gasteiger partial charge in [0.15, 0.2) is 5.82 Å². The van der Waals surface area contributed by atoms with Crippen molar-refractivity contribution in [3.8, 4) is 11.1 Å². The summed E-state index contributed by atoms with van der Waals surface area (Å²) in [6.07, 6.45) is 7.02. The zero-order valence-electron chi connectivity index (χ0n) is 18.4. The molecule has 2 aromatic carbocycles.